The summed E-state index contributed by atoms with van der Waals surface area (Å²) in [6.45, 7) is 1.64. The molecule has 0 aliphatic heterocycles. The number of carbonyl (C=O) groups is 1. The minimum atomic E-state index is -1.82. The number of anilines is 1. The number of rotatable bonds is 5. The molecule has 0 amide bonds. The normalized spacial score (nSPS) is 12.0. The Morgan fingerprint density at radius 1 is 1.33 bits per heavy atom. The summed E-state index contributed by atoms with van der Waals surface area (Å²) in [6, 6.07) is 0.545. The molecule has 10 heteroatoms. The molecule has 6 nitrogen and oxygen atoms in total. The van der Waals surface area contributed by atoms with Crippen molar-refractivity contribution in [2.24, 2.45) is 0 Å². The van der Waals surface area contributed by atoms with E-state index in [1.165, 1.54) is 0 Å². The smallest absolute Gasteiger partial charge is 0.220 e. The number of carbonyl (C=O) groups excluding carboxylic acids is 1. The van der Waals surface area contributed by atoms with Crippen LogP contribution < -0.4 is 10.5 Å². The van der Waals surface area contributed by atoms with Crippen molar-refractivity contribution in [3.05, 3.63) is 40.8 Å². The van der Waals surface area contributed by atoms with Gasteiger partial charge in [0.1, 0.15) is 17.1 Å². The SMILES string of the molecule is CCS(=O)c1ncc(C(=O)c2c(OC)cc(F)c(F)c2F)c(N)n1. The van der Waals surface area contributed by atoms with Crippen molar-refractivity contribution in [1.29, 1.82) is 0 Å². The zero-order valence-corrected chi connectivity index (χ0v) is 13.4. The third-order valence-corrected chi connectivity index (χ3v) is 4.21. The van der Waals surface area contributed by atoms with Crippen LogP contribution in [-0.4, -0.2) is 32.8 Å². The molecule has 1 heterocycles. The number of hydrogen-bond donors (Lipinski definition) is 1. The fourth-order valence-electron chi connectivity index (χ4n) is 1.87. The molecule has 0 saturated heterocycles. The zero-order chi connectivity index (χ0) is 18.0. The number of benzene rings is 1. The molecular weight excluding hydrogens is 347 g/mol. The molecule has 1 atom stereocenters. The fraction of sp³-hybridized carbons (Fsp3) is 0.214. The van der Waals surface area contributed by atoms with Crippen molar-refractivity contribution < 1.29 is 26.9 Å². The highest BCUT2D eigenvalue weighted by atomic mass is 32.2. The van der Waals surface area contributed by atoms with Crippen LogP contribution in [0.2, 0.25) is 0 Å². The predicted molar refractivity (Wildman–Crippen MR) is 79.7 cm³/mol. The molecule has 0 aliphatic carbocycles. The predicted octanol–water partition coefficient (Wildman–Crippen LogP) is 1.84. The highest BCUT2D eigenvalue weighted by Gasteiger charge is 2.27. The Kier molecular flexibility index (Phi) is 5.17. The van der Waals surface area contributed by atoms with Crippen LogP contribution >= 0.6 is 0 Å². The molecule has 2 aromatic rings. The maximum absolute atomic E-state index is 14.0. The van der Waals surface area contributed by atoms with Crippen LogP contribution in [0.25, 0.3) is 0 Å². The topological polar surface area (TPSA) is 95.2 Å². The van der Waals surface area contributed by atoms with E-state index in [0.29, 0.717) is 6.07 Å². The quantitative estimate of drug-likeness (QED) is 0.497. The van der Waals surface area contributed by atoms with E-state index in [4.69, 9.17) is 10.5 Å². The molecule has 1 unspecified atom stereocenters. The Bertz CT molecular complexity index is 846. The number of nitrogens with two attached hydrogens (primary N) is 1. The van der Waals surface area contributed by atoms with E-state index in [1.54, 1.807) is 6.92 Å². The summed E-state index contributed by atoms with van der Waals surface area (Å²) < 4.78 is 57.0. The lowest BCUT2D eigenvalue weighted by atomic mass is 10.0. The number of hydrogen-bond acceptors (Lipinski definition) is 6. The van der Waals surface area contributed by atoms with Gasteiger partial charge in [-0.3, -0.25) is 9.00 Å². The lowest BCUT2D eigenvalue weighted by molar-refractivity contribution is 0.103. The average Bonchev–Trinajstić information content (AvgIpc) is 2.57. The first-order valence-corrected chi connectivity index (χ1v) is 7.90. The average molecular weight is 359 g/mol. The van der Waals surface area contributed by atoms with Crippen LogP contribution in [0.15, 0.2) is 17.4 Å². The molecule has 0 bridgehead atoms. The third kappa shape index (κ3) is 3.09. The summed E-state index contributed by atoms with van der Waals surface area (Å²) >= 11 is 0. The number of ether oxygens (including phenoxy) is 1. The van der Waals surface area contributed by atoms with Gasteiger partial charge in [-0.2, -0.15) is 0 Å². The van der Waals surface area contributed by atoms with E-state index in [9.17, 15) is 22.2 Å². The van der Waals surface area contributed by atoms with E-state index < -0.39 is 45.3 Å². The third-order valence-electron chi connectivity index (χ3n) is 3.08. The van der Waals surface area contributed by atoms with E-state index in [1.807, 2.05) is 0 Å². The van der Waals surface area contributed by atoms with Crippen molar-refractivity contribution in [3.8, 4) is 5.75 Å². The number of halogens is 3. The summed E-state index contributed by atoms with van der Waals surface area (Å²) in [4.78, 5) is 19.9. The first-order chi connectivity index (χ1) is 11.3. The van der Waals surface area contributed by atoms with Crippen LogP contribution in [0.5, 0.6) is 5.75 Å². The van der Waals surface area contributed by atoms with Crippen LogP contribution in [0.1, 0.15) is 22.8 Å². The molecule has 0 fully saturated rings. The van der Waals surface area contributed by atoms with Crippen molar-refractivity contribution in [2.75, 3.05) is 18.6 Å². The summed E-state index contributed by atoms with van der Waals surface area (Å²) in [5.41, 5.74) is 4.44. The van der Waals surface area contributed by atoms with Gasteiger partial charge in [0.2, 0.25) is 10.9 Å². The molecule has 2 rings (SSSR count). The highest BCUT2D eigenvalue weighted by molar-refractivity contribution is 7.84. The first kappa shape index (κ1) is 17.9. The second-order valence-corrected chi connectivity index (χ2v) is 6.11. The largest absolute Gasteiger partial charge is 0.496 e. The zero-order valence-electron chi connectivity index (χ0n) is 12.6. The van der Waals surface area contributed by atoms with E-state index in [-0.39, 0.29) is 22.3 Å². The summed E-state index contributed by atoms with van der Waals surface area (Å²) in [5.74, 6) is -6.75. The maximum Gasteiger partial charge on any atom is 0.220 e. The Morgan fingerprint density at radius 3 is 2.54 bits per heavy atom. The van der Waals surface area contributed by atoms with Gasteiger partial charge in [0, 0.05) is 18.0 Å². The molecular formula is C14H12F3N3O3S. The van der Waals surface area contributed by atoms with Gasteiger partial charge in [0.25, 0.3) is 0 Å². The lowest BCUT2D eigenvalue weighted by Crippen LogP contribution is -2.14. The second kappa shape index (κ2) is 6.95. The molecule has 0 saturated carbocycles. The molecule has 0 aliphatic rings. The van der Waals surface area contributed by atoms with Crippen molar-refractivity contribution in [3.63, 3.8) is 0 Å². The van der Waals surface area contributed by atoms with Gasteiger partial charge in [-0.1, -0.05) is 6.92 Å². The van der Waals surface area contributed by atoms with Crippen molar-refractivity contribution in [2.45, 2.75) is 12.1 Å². The van der Waals surface area contributed by atoms with Crippen LogP contribution in [0.4, 0.5) is 19.0 Å². The standard InChI is InChI=1S/C14H12F3N3O3S/c1-3-24(22)14-19-5-6(13(18)20-14)12(21)9-8(23-2)4-7(15)10(16)11(9)17/h4-5H,3H2,1-2H3,(H2,18,19,20). The summed E-state index contributed by atoms with van der Waals surface area (Å²) in [5, 5.41) is -0.0933. The molecule has 24 heavy (non-hydrogen) atoms. The monoisotopic (exact) mass is 359 g/mol. The first-order valence-electron chi connectivity index (χ1n) is 6.58. The number of nitrogen functional groups attached to an aromatic ring is 1. The van der Waals surface area contributed by atoms with Gasteiger partial charge in [-0.05, 0) is 0 Å². The van der Waals surface area contributed by atoms with Crippen LogP contribution in [0.3, 0.4) is 0 Å². The Labute approximate surface area is 137 Å². The minimum absolute atomic E-state index is 0.0933. The van der Waals surface area contributed by atoms with E-state index >= 15 is 0 Å². The van der Waals surface area contributed by atoms with Gasteiger partial charge in [-0.25, -0.2) is 23.1 Å². The van der Waals surface area contributed by atoms with Gasteiger partial charge in [0.15, 0.2) is 17.5 Å². The Hall–Kier alpha value is -2.49. The summed E-state index contributed by atoms with van der Waals surface area (Å²) in [6.07, 6.45) is 0.952. The number of nitrogens with zero attached hydrogens (tertiary/aromatic N) is 2. The van der Waals surface area contributed by atoms with Crippen LogP contribution in [-0.2, 0) is 10.8 Å². The Balaban J connectivity index is 2.58. The van der Waals surface area contributed by atoms with Crippen molar-refractivity contribution >= 4 is 22.4 Å². The number of ketones is 1. The fourth-order valence-corrected chi connectivity index (χ4v) is 2.50. The lowest BCUT2D eigenvalue weighted by Gasteiger charge is -2.11. The highest BCUT2D eigenvalue weighted by Crippen LogP contribution is 2.29. The number of methoxy groups -OCH3 is 1. The molecule has 128 valence electrons. The van der Waals surface area contributed by atoms with Gasteiger partial charge in [0.05, 0.1) is 23.5 Å². The maximum atomic E-state index is 14.0. The number of aromatic nitrogens is 2. The van der Waals surface area contributed by atoms with Gasteiger partial charge in [-0.15, -0.1) is 0 Å². The summed E-state index contributed by atoms with van der Waals surface area (Å²) in [7, 11) is -0.440. The molecule has 0 radical (unpaired) electrons. The minimum Gasteiger partial charge on any atom is -0.496 e. The van der Waals surface area contributed by atoms with Gasteiger partial charge >= 0.3 is 0 Å². The van der Waals surface area contributed by atoms with E-state index in [0.717, 1.165) is 13.3 Å². The van der Waals surface area contributed by atoms with Crippen LogP contribution in [0, 0.1) is 17.5 Å². The van der Waals surface area contributed by atoms with Gasteiger partial charge < -0.3 is 10.5 Å². The Morgan fingerprint density at radius 2 is 2.00 bits per heavy atom. The molecule has 1 aromatic heterocycles. The molecule has 2 N–H and O–H groups in total. The van der Waals surface area contributed by atoms with E-state index in [2.05, 4.69) is 9.97 Å². The van der Waals surface area contributed by atoms with Crippen molar-refractivity contribution in [1.82, 2.24) is 9.97 Å². The second-order valence-electron chi connectivity index (χ2n) is 4.48. The molecule has 1 aromatic carbocycles. The molecule has 0 spiro atoms.